The SMILES string of the molecule is CC(C)N(CC(=O)N1CC(=O)N(c2ccc(Cl)cc2)C1)C(=O)NC(C)(C)C. The van der Waals surface area contributed by atoms with E-state index in [2.05, 4.69) is 5.32 Å². The molecule has 0 bridgehead atoms. The molecule has 1 fully saturated rings. The van der Waals surface area contributed by atoms with E-state index in [1.54, 1.807) is 24.3 Å². The topological polar surface area (TPSA) is 73.0 Å². The minimum absolute atomic E-state index is 0.00567. The van der Waals surface area contributed by atoms with Crippen LogP contribution in [0.15, 0.2) is 24.3 Å². The zero-order chi connectivity index (χ0) is 20.4. The van der Waals surface area contributed by atoms with Crippen molar-refractivity contribution in [1.29, 1.82) is 0 Å². The van der Waals surface area contributed by atoms with Gasteiger partial charge < -0.3 is 15.1 Å². The fourth-order valence-corrected chi connectivity index (χ4v) is 2.82. The molecule has 0 unspecified atom stereocenters. The number of anilines is 1. The number of urea groups is 1. The minimum Gasteiger partial charge on any atom is -0.333 e. The molecule has 0 aliphatic carbocycles. The Kier molecular flexibility index (Phi) is 6.36. The molecule has 7 nitrogen and oxygen atoms in total. The molecule has 148 valence electrons. The van der Waals surface area contributed by atoms with Gasteiger partial charge in [0.25, 0.3) is 0 Å². The highest BCUT2D eigenvalue weighted by molar-refractivity contribution is 6.30. The van der Waals surface area contributed by atoms with Crippen LogP contribution >= 0.6 is 11.6 Å². The molecule has 1 aliphatic rings. The van der Waals surface area contributed by atoms with Gasteiger partial charge in [-0.05, 0) is 58.9 Å². The summed E-state index contributed by atoms with van der Waals surface area (Å²) in [5.74, 6) is -0.432. The zero-order valence-electron chi connectivity index (χ0n) is 16.5. The van der Waals surface area contributed by atoms with Crippen LogP contribution in [0.25, 0.3) is 0 Å². The fraction of sp³-hybridized carbons (Fsp3) is 0.526. The van der Waals surface area contributed by atoms with Crippen molar-refractivity contribution >= 4 is 35.1 Å². The van der Waals surface area contributed by atoms with E-state index in [-0.39, 0.29) is 43.6 Å². The van der Waals surface area contributed by atoms with Gasteiger partial charge in [-0.2, -0.15) is 0 Å². The summed E-state index contributed by atoms with van der Waals surface area (Å²) in [7, 11) is 0. The van der Waals surface area contributed by atoms with Crippen molar-refractivity contribution in [2.24, 2.45) is 0 Å². The van der Waals surface area contributed by atoms with Crippen LogP contribution in [0.2, 0.25) is 5.02 Å². The zero-order valence-corrected chi connectivity index (χ0v) is 17.2. The molecule has 4 amide bonds. The maximum Gasteiger partial charge on any atom is 0.318 e. The number of amides is 4. The van der Waals surface area contributed by atoms with Crippen LogP contribution in [0.3, 0.4) is 0 Å². The second-order valence-electron chi connectivity index (χ2n) is 7.93. The number of carbonyl (C=O) groups is 3. The average molecular weight is 395 g/mol. The summed E-state index contributed by atoms with van der Waals surface area (Å²) in [6.07, 6.45) is 0. The number of hydrogen-bond donors (Lipinski definition) is 1. The molecule has 0 aromatic heterocycles. The van der Waals surface area contributed by atoms with Crippen LogP contribution in [-0.2, 0) is 9.59 Å². The summed E-state index contributed by atoms with van der Waals surface area (Å²) in [6.45, 7) is 9.42. The normalized spacial score (nSPS) is 14.7. The van der Waals surface area contributed by atoms with Crippen molar-refractivity contribution in [1.82, 2.24) is 15.1 Å². The first-order valence-electron chi connectivity index (χ1n) is 8.90. The van der Waals surface area contributed by atoms with Gasteiger partial charge in [0.1, 0.15) is 19.8 Å². The van der Waals surface area contributed by atoms with Crippen LogP contribution in [0.1, 0.15) is 34.6 Å². The molecule has 27 heavy (non-hydrogen) atoms. The van der Waals surface area contributed by atoms with Gasteiger partial charge in [0.05, 0.1) is 0 Å². The molecule has 0 saturated carbocycles. The van der Waals surface area contributed by atoms with Gasteiger partial charge in [0.2, 0.25) is 11.8 Å². The third-order valence-electron chi connectivity index (χ3n) is 4.10. The van der Waals surface area contributed by atoms with Gasteiger partial charge >= 0.3 is 6.03 Å². The third kappa shape index (κ3) is 5.60. The Morgan fingerprint density at radius 2 is 1.81 bits per heavy atom. The van der Waals surface area contributed by atoms with E-state index in [1.807, 2.05) is 34.6 Å². The van der Waals surface area contributed by atoms with E-state index >= 15 is 0 Å². The lowest BCUT2D eigenvalue weighted by Crippen LogP contribution is -2.53. The van der Waals surface area contributed by atoms with Crippen molar-refractivity contribution in [2.45, 2.75) is 46.2 Å². The summed E-state index contributed by atoms with van der Waals surface area (Å²) < 4.78 is 0. The number of hydrogen-bond acceptors (Lipinski definition) is 3. The molecule has 1 N–H and O–H groups in total. The highest BCUT2D eigenvalue weighted by Gasteiger charge is 2.33. The largest absolute Gasteiger partial charge is 0.333 e. The maximum atomic E-state index is 12.7. The van der Waals surface area contributed by atoms with Crippen LogP contribution in [0.5, 0.6) is 0 Å². The van der Waals surface area contributed by atoms with Crippen molar-refractivity contribution in [3.63, 3.8) is 0 Å². The van der Waals surface area contributed by atoms with Gasteiger partial charge in [-0.15, -0.1) is 0 Å². The predicted octanol–water partition coefficient (Wildman–Crippen LogP) is 2.69. The van der Waals surface area contributed by atoms with Crippen molar-refractivity contribution in [3.8, 4) is 0 Å². The molecule has 2 rings (SSSR count). The molecule has 1 aromatic rings. The highest BCUT2D eigenvalue weighted by atomic mass is 35.5. The van der Waals surface area contributed by atoms with E-state index in [0.717, 1.165) is 0 Å². The Morgan fingerprint density at radius 3 is 2.33 bits per heavy atom. The number of benzene rings is 1. The molecule has 1 aromatic carbocycles. The lowest BCUT2D eigenvalue weighted by atomic mass is 10.1. The summed E-state index contributed by atoms with van der Waals surface area (Å²) in [4.78, 5) is 42.0. The average Bonchev–Trinajstić information content (AvgIpc) is 2.93. The number of halogens is 1. The van der Waals surface area contributed by atoms with Crippen LogP contribution < -0.4 is 10.2 Å². The van der Waals surface area contributed by atoms with Crippen molar-refractivity contribution in [3.05, 3.63) is 29.3 Å². The Balaban J connectivity index is 2.05. The lowest BCUT2D eigenvalue weighted by Gasteiger charge is -2.31. The smallest absolute Gasteiger partial charge is 0.318 e. The van der Waals surface area contributed by atoms with E-state index in [9.17, 15) is 14.4 Å². The molecule has 1 aliphatic heterocycles. The molecule has 0 atom stereocenters. The number of nitrogens with zero attached hydrogens (tertiary/aromatic N) is 3. The van der Waals surface area contributed by atoms with Gasteiger partial charge in [0, 0.05) is 22.3 Å². The predicted molar refractivity (Wildman–Crippen MR) is 106 cm³/mol. The molecule has 1 heterocycles. The van der Waals surface area contributed by atoms with Gasteiger partial charge in [-0.3, -0.25) is 14.5 Å². The number of nitrogens with one attached hydrogen (secondary N) is 1. The minimum atomic E-state index is -0.401. The Hall–Kier alpha value is -2.28. The quantitative estimate of drug-likeness (QED) is 0.853. The van der Waals surface area contributed by atoms with Crippen LogP contribution in [0.4, 0.5) is 10.5 Å². The van der Waals surface area contributed by atoms with Crippen LogP contribution in [0, 0.1) is 0 Å². The third-order valence-corrected chi connectivity index (χ3v) is 4.35. The first-order chi connectivity index (χ1) is 12.5. The van der Waals surface area contributed by atoms with Gasteiger partial charge in [-0.1, -0.05) is 11.6 Å². The molecular weight excluding hydrogens is 368 g/mol. The summed E-state index contributed by atoms with van der Waals surface area (Å²) in [5, 5.41) is 3.45. The lowest BCUT2D eigenvalue weighted by molar-refractivity contribution is -0.132. The Bertz CT molecular complexity index is 713. The molecule has 8 heteroatoms. The first-order valence-corrected chi connectivity index (χ1v) is 9.28. The van der Waals surface area contributed by atoms with E-state index in [1.165, 1.54) is 14.7 Å². The van der Waals surface area contributed by atoms with Gasteiger partial charge in [-0.25, -0.2) is 4.79 Å². The Labute approximate surface area is 165 Å². The maximum absolute atomic E-state index is 12.7. The second-order valence-corrected chi connectivity index (χ2v) is 8.37. The van der Waals surface area contributed by atoms with Gasteiger partial charge in [0.15, 0.2) is 0 Å². The Morgan fingerprint density at radius 1 is 1.22 bits per heavy atom. The van der Waals surface area contributed by atoms with Crippen LogP contribution in [-0.4, -0.2) is 59.0 Å². The van der Waals surface area contributed by atoms with Crippen molar-refractivity contribution < 1.29 is 14.4 Å². The second kappa shape index (κ2) is 8.17. The standard InChI is InChI=1S/C19H27ClN4O3/c1-13(2)23(18(27)21-19(3,4)5)11-16(25)22-10-17(26)24(12-22)15-8-6-14(20)7-9-15/h6-9,13H,10-12H2,1-5H3,(H,21,27). The monoisotopic (exact) mass is 394 g/mol. The number of rotatable bonds is 4. The van der Waals surface area contributed by atoms with Crippen molar-refractivity contribution in [2.75, 3.05) is 24.7 Å². The first kappa shape index (κ1) is 21.0. The van der Waals surface area contributed by atoms with E-state index in [4.69, 9.17) is 11.6 Å². The van der Waals surface area contributed by atoms with E-state index < -0.39 is 5.54 Å². The molecule has 1 saturated heterocycles. The summed E-state index contributed by atoms with van der Waals surface area (Å²) >= 11 is 5.88. The highest BCUT2D eigenvalue weighted by Crippen LogP contribution is 2.22. The molecule has 0 spiro atoms. The molecule has 0 radical (unpaired) electrons. The number of carbonyl (C=O) groups excluding carboxylic acids is 3. The fourth-order valence-electron chi connectivity index (χ4n) is 2.69. The molecular formula is C19H27ClN4O3. The summed E-state index contributed by atoms with van der Waals surface area (Å²) in [6, 6.07) is 6.43. The van der Waals surface area contributed by atoms with E-state index in [0.29, 0.717) is 10.7 Å². The summed E-state index contributed by atoms with van der Waals surface area (Å²) in [5.41, 5.74) is 0.285.